The molecular weight excluding hydrogens is 508 g/mol. The van der Waals surface area contributed by atoms with Gasteiger partial charge in [-0.1, -0.05) is 13.0 Å². The minimum atomic E-state index is -1.47. The molecular formula is C27H32N4O8. The number of ether oxygens (including phenoxy) is 2. The van der Waals surface area contributed by atoms with Gasteiger partial charge >= 0.3 is 11.9 Å². The van der Waals surface area contributed by atoms with Gasteiger partial charge in [0.1, 0.15) is 17.9 Å². The van der Waals surface area contributed by atoms with Gasteiger partial charge in [-0.2, -0.15) is 0 Å². The Labute approximate surface area is 225 Å². The number of aromatic hydroxyl groups is 1. The van der Waals surface area contributed by atoms with Crippen molar-refractivity contribution in [1.29, 1.82) is 0 Å². The molecule has 2 aromatic rings. The maximum atomic E-state index is 13.6. The number of rotatable bonds is 5. The molecule has 5 atom stereocenters. The first-order valence-electron chi connectivity index (χ1n) is 12.5. The number of aromatic nitrogens is 2. The second-order valence-corrected chi connectivity index (χ2v) is 9.28. The van der Waals surface area contributed by atoms with Crippen LogP contribution in [0.3, 0.4) is 0 Å². The normalized spacial score (nSPS) is 25.8. The predicted molar refractivity (Wildman–Crippen MR) is 137 cm³/mol. The van der Waals surface area contributed by atoms with Crippen LogP contribution in [0.2, 0.25) is 0 Å². The lowest BCUT2D eigenvalue weighted by atomic mass is 9.92. The summed E-state index contributed by atoms with van der Waals surface area (Å²) < 4.78 is 10.9. The van der Waals surface area contributed by atoms with Crippen LogP contribution in [0.5, 0.6) is 5.75 Å². The summed E-state index contributed by atoms with van der Waals surface area (Å²) in [6.45, 7) is 6.13. The van der Waals surface area contributed by atoms with Gasteiger partial charge in [0.2, 0.25) is 11.7 Å². The fourth-order valence-corrected chi connectivity index (χ4v) is 3.92. The number of pyridine rings is 2. The van der Waals surface area contributed by atoms with Crippen LogP contribution < -0.4 is 10.6 Å². The van der Waals surface area contributed by atoms with Gasteiger partial charge in [-0.15, -0.1) is 0 Å². The third-order valence-electron chi connectivity index (χ3n) is 6.44. The van der Waals surface area contributed by atoms with E-state index in [9.17, 15) is 29.4 Å². The Hall–Kier alpha value is -4.32. The molecule has 12 heteroatoms. The molecule has 3 heterocycles. The highest BCUT2D eigenvalue weighted by Crippen LogP contribution is 2.21. The molecule has 39 heavy (non-hydrogen) atoms. The molecule has 0 aromatic carbocycles. The van der Waals surface area contributed by atoms with Gasteiger partial charge in [0.25, 0.3) is 5.91 Å². The Morgan fingerprint density at radius 2 is 1.87 bits per heavy atom. The molecule has 3 rings (SSSR count). The monoisotopic (exact) mass is 540 g/mol. The average Bonchev–Trinajstić information content (AvgIpc) is 2.92. The highest BCUT2D eigenvalue weighted by molar-refractivity contribution is 5.98. The SMILES string of the molecule is CC/C(C)=C1/OC(=O)[C@@H](C)[C@@H](O)[C@@H](Cc2cccnc2)NC(=O)[C@@H](NC(=O)c2ncccc2O)[C@@H](C)OC1=O. The van der Waals surface area contributed by atoms with Crippen LogP contribution >= 0.6 is 0 Å². The number of hydrogen-bond acceptors (Lipinski definition) is 10. The standard InChI is InChI=1S/C27H32N4O8/c1-5-14(2)23-27(37)38-16(4)20(31-25(35)21-19(32)9-7-11-29-21)24(34)30-18(12-17-8-6-10-28-13-17)22(33)15(3)26(36)39-23/h6-11,13,15-16,18,20,22,32-33H,5,12H2,1-4H3,(H,30,34)(H,31,35)/b23-14+/t15-,16+,18+,20-,22+/m0/s1. The van der Waals surface area contributed by atoms with Crippen LogP contribution in [0.4, 0.5) is 0 Å². The first-order chi connectivity index (χ1) is 18.5. The van der Waals surface area contributed by atoms with Gasteiger partial charge < -0.3 is 30.3 Å². The number of amides is 2. The number of aliphatic hydroxyl groups excluding tert-OH is 1. The number of esters is 2. The van der Waals surface area contributed by atoms with Crippen molar-refractivity contribution in [1.82, 2.24) is 20.6 Å². The first-order valence-corrected chi connectivity index (χ1v) is 12.5. The van der Waals surface area contributed by atoms with E-state index in [0.717, 1.165) is 0 Å². The van der Waals surface area contributed by atoms with Crippen molar-refractivity contribution in [3.05, 3.63) is 65.4 Å². The fraction of sp³-hybridized carbons (Fsp3) is 0.407. The van der Waals surface area contributed by atoms with Gasteiger partial charge in [0, 0.05) is 18.6 Å². The molecule has 1 saturated heterocycles. The Bertz CT molecular complexity index is 1250. The molecule has 4 N–H and O–H groups in total. The highest BCUT2D eigenvalue weighted by Gasteiger charge is 2.39. The molecule has 1 aliphatic rings. The maximum Gasteiger partial charge on any atom is 0.374 e. The molecule has 12 nitrogen and oxygen atoms in total. The van der Waals surface area contributed by atoms with Gasteiger partial charge in [-0.25, -0.2) is 9.78 Å². The van der Waals surface area contributed by atoms with Crippen LogP contribution in [-0.4, -0.2) is 68.2 Å². The average molecular weight is 541 g/mol. The number of allylic oxidation sites excluding steroid dienone is 1. The molecule has 2 aromatic heterocycles. The van der Waals surface area contributed by atoms with Crippen molar-refractivity contribution >= 4 is 23.8 Å². The third kappa shape index (κ3) is 7.17. The van der Waals surface area contributed by atoms with Crippen molar-refractivity contribution in [3.63, 3.8) is 0 Å². The number of nitrogens with one attached hydrogen (secondary N) is 2. The summed E-state index contributed by atoms with van der Waals surface area (Å²) in [7, 11) is 0. The van der Waals surface area contributed by atoms with E-state index in [2.05, 4.69) is 20.6 Å². The number of aliphatic hydroxyl groups is 1. The molecule has 0 radical (unpaired) electrons. The van der Waals surface area contributed by atoms with E-state index >= 15 is 0 Å². The second-order valence-electron chi connectivity index (χ2n) is 9.28. The minimum absolute atomic E-state index is 0.0882. The molecule has 1 aliphatic heterocycles. The molecule has 0 unspecified atom stereocenters. The van der Waals surface area contributed by atoms with Crippen LogP contribution in [0.15, 0.2) is 54.2 Å². The number of carbonyl (C=O) groups is 4. The van der Waals surface area contributed by atoms with E-state index in [1.54, 1.807) is 38.4 Å². The largest absolute Gasteiger partial charge is 0.505 e. The van der Waals surface area contributed by atoms with Crippen LogP contribution in [-0.2, 0) is 30.3 Å². The summed E-state index contributed by atoms with van der Waals surface area (Å²) in [5, 5.41) is 26.3. The van der Waals surface area contributed by atoms with Crippen molar-refractivity contribution in [2.45, 2.75) is 64.8 Å². The molecule has 0 spiro atoms. The van der Waals surface area contributed by atoms with Crippen molar-refractivity contribution in [3.8, 4) is 5.75 Å². The predicted octanol–water partition coefficient (Wildman–Crippen LogP) is 1.18. The van der Waals surface area contributed by atoms with Crippen LogP contribution in [0, 0.1) is 5.92 Å². The van der Waals surface area contributed by atoms with E-state index in [1.807, 2.05) is 0 Å². The van der Waals surface area contributed by atoms with Gasteiger partial charge in [-0.3, -0.25) is 19.4 Å². The molecule has 208 valence electrons. The first kappa shape index (κ1) is 29.2. The summed E-state index contributed by atoms with van der Waals surface area (Å²) in [6.07, 6.45) is 2.15. The van der Waals surface area contributed by atoms with E-state index in [4.69, 9.17) is 9.47 Å². The summed E-state index contributed by atoms with van der Waals surface area (Å²) in [5.41, 5.74) is 0.733. The van der Waals surface area contributed by atoms with Crippen molar-refractivity contribution < 1.29 is 38.9 Å². The number of nitrogens with zero attached hydrogens (tertiary/aromatic N) is 2. The van der Waals surface area contributed by atoms with Gasteiger partial charge in [0.05, 0.1) is 18.1 Å². The Morgan fingerprint density at radius 1 is 1.15 bits per heavy atom. The Kier molecular flexibility index (Phi) is 9.72. The summed E-state index contributed by atoms with van der Waals surface area (Å²) >= 11 is 0. The molecule has 0 saturated carbocycles. The second kappa shape index (κ2) is 13.0. The summed E-state index contributed by atoms with van der Waals surface area (Å²) in [6, 6.07) is 3.62. The van der Waals surface area contributed by atoms with Crippen molar-refractivity contribution in [2.24, 2.45) is 5.92 Å². The van der Waals surface area contributed by atoms with Crippen molar-refractivity contribution in [2.75, 3.05) is 0 Å². The van der Waals surface area contributed by atoms with E-state index in [-0.39, 0.29) is 17.9 Å². The lowest BCUT2D eigenvalue weighted by Gasteiger charge is -2.32. The van der Waals surface area contributed by atoms with Gasteiger partial charge in [-0.05, 0) is 62.9 Å². The molecule has 1 fully saturated rings. The zero-order valence-corrected chi connectivity index (χ0v) is 22.1. The van der Waals surface area contributed by atoms with E-state index in [0.29, 0.717) is 17.6 Å². The van der Waals surface area contributed by atoms with Gasteiger partial charge in [0.15, 0.2) is 5.69 Å². The lowest BCUT2D eigenvalue weighted by molar-refractivity contribution is -0.161. The Balaban J connectivity index is 2.03. The quantitative estimate of drug-likeness (QED) is 0.318. The zero-order chi connectivity index (χ0) is 28.7. The molecule has 0 bridgehead atoms. The lowest BCUT2D eigenvalue weighted by Crippen LogP contribution is -2.59. The fourth-order valence-electron chi connectivity index (χ4n) is 3.92. The summed E-state index contributed by atoms with van der Waals surface area (Å²) in [4.78, 5) is 60.3. The smallest absolute Gasteiger partial charge is 0.374 e. The number of cyclic esters (lactones) is 2. The summed E-state index contributed by atoms with van der Waals surface area (Å²) in [5.74, 6) is -5.52. The molecule has 2 amide bonds. The number of carbonyl (C=O) groups excluding carboxylic acids is 4. The maximum absolute atomic E-state index is 13.6. The van der Waals surface area contributed by atoms with E-state index in [1.165, 1.54) is 32.2 Å². The number of hydrogen-bond donors (Lipinski definition) is 4. The third-order valence-corrected chi connectivity index (χ3v) is 6.44. The topological polar surface area (TPSA) is 177 Å². The highest BCUT2D eigenvalue weighted by atomic mass is 16.6. The van der Waals surface area contributed by atoms with E-state index < -0.39 is 59.7 Å². The van der Waals surface area contributed by atoms with Crippen LogP contribution in [0.25, 0.3) is 0 Å². The zero-order valence-electron chi connectivity index (χ0n) is 22.1. The van der Waals surface area contributed by atoms with Crippen LogP contribution in [0.1, 0.15) is 50.2 Å². The Morgan fingerprint density at radius 3 is 2.51 bits per heavy atom. The molecule has 0 aliphatic carbocycles. The minimum Gasteiger partial charge on any atom is -0.505 e.